The van der Waals surface area contributed by atoms with Gasteiger partial charge in [0.2, 0.25) is 0 Å². The van der Waals surface area contributed by atoms with Gasteiger partial charge in [0.05, 0.1) is 0 Å². The molecule has 0 atom stereocenters. The van der Waals surface area contributed by atoms with Gasteiger partial charge in [0.25, 0.3) is 0 Å². The van der Waals surface area contributed by atoms with Crippen LogP contribution in [0.5, 0.6) is 5.75 Å². The van der Waals surface area contributed by atoms with Gasteiger partial charge < -0.3 is 0 Å². The maximum atomic E-state index is 5.05. The van der Waals surface area contributed by atoms with Crippen molar-refractivity contribution in [2.75, 3.05) is 7.11 Å². The molecule has 0 bridgehead atoms. The zero-order chi connectivity index (χ0) is 8.10. The van der Waals surface area contributed by atoms with Crippen LogP contribution in [-0.2, 0) is 26.1 Å². The first kappa shape index (κ1) is 9.52. The van der Waals surface area contributed by atoms with Crippen LogP contribution >= 0.6 is 11.9 Å². The fourth-order valence-corrected chi connectivity index (χ4v) is 7.06. The number of ether oxygens (including phenoxy) is 1. The summed E-state index contributed by atoms with van der Waals surface area (Å²) in [7, 11) is 1.69. The van der Waals surface area contributed by atoms with Crippen molar-refractivity contribution in [1.82, 2.24) is 0 Å². The molecular weight excluding hydrogens is 393 g/mol. The predicted octanol–water partition coefficient (Wildman–Crippen LogP) is 2.59. The van der Waals surface area contributed by atoms with E-state index in [4.69, 9.17) is 4.74 Å². The van der Waals surface area contributed by atoms with E-state index < -0.39 is 22.1 Å². The van der Waals surface area contributed by atoms with E-state index >= 15 is 0 Å². The van der Waals surface area contributed by atoms with Crippen LogP contribution in [0.25, 0.3) is 0 Å². The van der Waals surface area contributed by atoms with Crippen molar-refractivity contribution in [3.8, 4) is 5.75 Å². The van der Waals surface area contributed by atoms with Crippen molar-refractivity contribution in [2.24, 2.45) is 0 Å². The first-order chi connectivity index (χ1) is 5.36. The van der Waals surface area contributed by atoms with Gasteiger partial charge in [-0.05, 0) is 0 Å². The fourth-order valence-electron chi connectivity index (χ4n) is 0.901. The van der Waals surface area contributed by atoms with Crippen molar-refractivity contribution >= 4 is 11.9 Å². The van der Waals surface area contributed by atoms with Gasteiger partial charge in [0.1, 0.15) is 0 Å². The Kier molecular flexibility index (Phi) is 4.46. The van der Waals surface area contributed by atoms with Crippen LogP contribution in [0.2, 0.25) is 0 Å². The van der Waals surface area contributed by atoms with Gasteiger partial charge in [-0.3, -0.25) is 0 Å². The molecule has 1 aromatic carbocycles. The second-order valence-corrected chi connectivity index (χ2v) is 12.7. The molecule has 0 spiro atoms. The molecule has 0 radical (unpaired) electrons. The topological polar surface area (TPSA) is 9.23 Å². The Balaban J connectivity index is 2.66. The molecule has 0 aliphatic rings. The van der Waals surface area contributed by atoms with Crippen molar-refractivity contribution in [1.29, 1.82) is 0 Å². The van der Waals surface area contributed by atoms with Gasteiger partial charge in [-0.25, -0.2) is 0 Å². The zero-order valence-electron chi connectivity index (χ0n) is 6.51. The van der Waals surface area contributed by atoms with Crippen molar-refractivity contribution < 1.29 is 26.9 Å². The third-order valence-corrected chi connectivity index (χ3v) is 8.00. The van der Waals surface area contributed by atoms with Gasteiger partial charge >= 0.3 is 85.4 Å². The summed E-state index contributed by atoms with van der Waals surface area (Å²) in [4.78, 5) is 0. The van der Waals surface area contributed by atoms with E-state index in [2.05, 4.69) is 24.0 Å². The molecule has 0 saturated carbocycles. The van der Waals surface area contributed by atoms with Crippen LogP contribution < -0.4 is 4.74 Å². The summed E-state index contributed by atoms with van der Waals surface area (Å²) in [5.74, 6) is 0.944. The van der Waals surface area contributed by atoms with E-state index in [0.717, 1.165) is 5.75 Å². The van der Waals surface area contributed by atoms with E-state index in [0.29, 0.717) is 0 Å². The molecule has 0 aliphatic heterocycles. The number of hydrogen-bond acceptors (Lipinski definition) is 1. The van der Waals surface area contributed by atoms with E-state index in [1.807, 2.05) is 12.1 Å². The van der Waals surface area contributed by atoms with Crippen LogP contribution in [-0.4, -0.2) is 7.11 Å². The fraction of sp³-hybridized carbons (Fsp3) is 0.250. The minimum atomic E-state index is -0.658. The summed E-state index contributed by atoms with van der Waals surface area (Å²) in [6.07, 6.45) is 0. The first-order valence-electron chi connectivity index (χ1n) is 3.55. The molecule has 11 heavy (non-hydrogen) atoms. The number of benzene rings is 1. The molecule has 0 unspecified atom stereocenters. The molecule has 1 rings (SSSR count). The second-order valence-electron chi connectivity index (χ2n) is 2.29. The molecule has 56 valence electrons. The van der Waals surface area contributed by atoms with Gasteiger partial charge in [-0.15, -0.1) is 0 Å². The first-order valence-corrected chi connectivity index (χ1v) is 19.4. The van der Waals surface area contributed by atoms with E-state index in [1.54, 1.807) is 7.11 Å². The molecule has 0 fully saturated rings. The average molecular weight is 402 g/mol. The van der Waals surface area contributed by atoms with Crippen LogP contribution in [0, 0.1) is 0 Å². The van der Waals surface area contributed by atoms with Crippen LogP contribution in [0.3, 0.4) is 0 Å². The summed E-state index contributed by atoms with van der Waals surface area (Å²) >= 11 is 2.95. The molecule has 1 nitrogen and oxygen atoms in total. The Labute approximate surface area is 84.8 Å². The van der Waals surface area contributed by atoms with Crippen LogP contribution in [0.1, 0.15) is 5.56 Å². The van der Waals surface area contributed by atoms with Gasteiger partial charge in [-0.1, -0.05) is 0 Å². The molecular formula is C8H9BrHgO. The van der Waals surface area contributed by atoms with Crippen LogP contribution in [0.4, 0.5) is 0 Å². The third-order valence-electron chi connectivity index (χ3n) is 1.54. The maximum absolute atomic E-state index is 5.05. The van der Waals surface area contributed by atoms with Gasteiger partial charge in [0.15, 0.2) is 0 Å². The van der Waals surface area contributed by atoms with Crippen molar-refractivity contribution in [3.63, 3.8) is 0 Å². The summed E-state index contributed by atoms with van der Waals surface area (Å²) < 4.78 is 6.35. The Bertz CT molecular complexity index is 210. The second kappa shape index (κ2) is 5.15. The van der Waals surface area contributed by atoms with E-state index in [1.165, 1.54) is 9.49 Å². The summed E-state index contributed by atoms with van der Waals surface area (Å²) in [6.45, 7) is 0. The summed E-state index contributed by atoms with van der Waals surface area (Å²) in [5, 5.41) is 0. The average Bonchev–Trinajstić information content (AvgIpc) is 2.07. The molecule has 0 amide bonds. The normalized spacial score (nSPS) is 8.91. The Morgan fingerprint density at radius 1 is 1.36 bits per heavy atom. The Morgan fingerprint density at radius 2 is 2.00 bits per heavy atom. The molecule has 0 N–H and O–H groups in total. The third kappa shape index (κ3) is 3.12. The predicted molar refractivity (Wildman–Crippen MR) is 45.6 cm³/mol. The van der Waals surface area contributed by atoms with Gasteiger partial charge in [0, 0.05) is 0 Å². The van der Waals surface area contributed by atoms with E-state index in [9.17, 15) is 0 Å². The zero-order valence-corrected chi connectivity index (χ0v) is 13.6. The van der Waals surface area contributed by atoms with Crippen LogP contribution in [0.15, 0.2) is 24.3 Å². The van der Waals surface area contributed by atoms with Crippen molar-refractivity contribution in [3.05, 3.63) is 29.8 Å². The summed E-state index contributed by atoms with van der Waals surface area (Å²) in [5.41, 5.74) is 1.43. The SMILES string of the molecule is COc1ccc([CH2][Hg][Br])cc1. The molecule has 1 aromatic rings. The number of methoxy groups -OCH3 is 1. The number of halogens is 1. The number of rotatable bonds is 3. The Hall–Kier alpha value is 0.435. The van der Waals surface area contributed by atoms with Crippen molar-refractivity contribution in [2.45, 2.75) is 3.93 Å². The quantitative estimate of drug-likeness (QED) is 0.708. The van der Waals surface area contributed by atoms with Gasteiger partial charge in [-0.2, -0.15) is 0 Å². The molecule has 0 aromatic heterocycles. The minimum absolute atomic E-state index is 0.658. The standard InChI is InChI=1S/C8H9O.BrH.Hg/c1-7-3-5-8(9-2)6-4-7;;/h3-6H,1H2,2H3;1H;/q;;+1/p-1. The monoisotopic (exact) mass is 402 g/mol. The molecule has 0 saturated heterocycles. The molecule has 0 aliphatic carbocycles. The van der Waals surface area contributed by atoms with E-state index in [-0.39, 0.29) is 0 Å². The summed E-state index contributed by atoms with van der Waals surface area (Å²) in [6, 6.07) is 8.32. The molecule has 3 heteroatoms. The Morgan fingerprint density at radius 3 is 2.45 bits per heavy atom. The number of hydrogen-bond donors (Lipinski definition) is 0. The molecule has 0 heterocycles.